The molecule has 0 saturated carbocycles. The molecule has 0 saturated heterocycles. The fourth-order valence-electron chi connectivity index (χ4n) is 1.50. The number of carbonyl (C=O) groups excluding carboxylic acids is 1. The normalized spacial score (nSPS) is 10.7. The molecule has 1 aromatic heterocycles. The first kappa shape index (κ1) is 14.2. The summed E-state index contributed by atoms with van der Waals surface area (Å²) in [6.45, 7) is 2.13. The van der Waals surface area contributed by atoms with Crippen molar-refractivity contribution in [1.82, 2.24) is 0 Å². The van der Waals surface area contributed by atoms with E-state index >= 15 is 0 Å². The molecule has 0 radical (unpaired) electrons. The number of carbonyl (C=O) groups is 1. The molecule has 0 N–H and O–H groups in total. The minimum absolute atomic E-state index is 0.337. The van der Waals surface area contributed by atoms with Crippen LogP contribution < -0.4 is 4.74 Å². The van der Waals surface area contributed by atoms with E-state index in [2.05, 4.69) is 10.2 Å². The summed E-state index contributed by atoms with van der Waals surface area (Å²) in [5.41, 5.74) is 1.16. The monoisotopic (exact) mass is 290 g/mol. The third kappa shape index (κ3) is 3.42. The molecule has 20 heavy (non-hydrogen) atoms. The number of benzene rings is 1. The molecule has 0 atom stereocenters. The maximum absolute atomic E-state index is 11.5. The highest BCUT2D eigenvalue weighted by atomic mass is 32.1. The predicted molar refractivity (Wildman–Crippen MR) is 77.4 cm³/mol. The van der Waals surface area contributed by atoms with E-state index in [9.17, 15) is 4.79 Å². The number of nitrogens with zero attached hydrogens (tertiary/aromatic N) is 2. The van der Waals surface area contributed by atoms with Gasteiger partial charge in [-0.05, 0) is 42.6 Å². The Labute approximate surface area is 120 Å². The zero-order valence-corrected chi connectivity index (χ0v) is 12.0. The van der Waals surface area contributed by atoms with Crippen LogP contribution in [0.15, 0.2) is 45.9 Å². The molecule has 2 aromatic rings. The Morgan fingerprint density at radius 3 is 2.60 bits per heavy atom. The average molecular weight is 290 g/mol. The van der Waals surface area contributed by atoms with E-state index in [-0.39, 0.29) is 5.97 Å². The van der Waals surface area contributed by atoms with Gasteiger partial charge in [-0.25, -0.2) is 4.79 Å². The van der Waals surface area contributed by atoms with Crippen LogP contribution in [0.2, 0.25) is 0 Å². The lowest BCUT2D eigenvalue weighted by Crippen LogP contribution is -2.03. The zero-order valence-electron chi connectivity index (χ0n) is 11.2. The first-order chi connectivity index (χ1) is 9.74. The van der Waals surface area contributed by atoms with Crippen molar-refractivity contribution >= 4 is 28.0 Å². The summed E-state index contributed by atoms with van der Waals surface area (Å²) in [5, 5.41) is 10.8. The first-order valence-electron chi connectivity index (χ1n) is 6.05. The third-order valence-corrected chi connectivity index (χ3v) is 3.24. The van der Waals surface area contributed by atoms with Gasteiger partial charge in [0.15, 0.2) is 10.8 Å². The number of hydrogen-bond donors (Lipinski definition) is 0. The van der Waals surface area contributed by atoms with E-state index < -0.39 is 0 Å². The zero-order chi connectivity index (χ0) is 14.4. The van der Waals surface area contributed by atoms with Crippen LogP contribution in [0.1, 0.15) is 17.3 Å². The van der Waals surface area contributed by atoms with E-state index in [1.54, 1.807) is 38.3 Å². The fourth-order valence-corrected chi connectivity index (χ4v) is 2.18. The van der Waals surface area contributed by atoms with Gasteiger partial charge in [-0.1, -0.05) is 0 Å². The highest BCUT2D eigenvalue weighted by molar-refractivity contribution is 7.14. The Balaban J connectivity index is 2.09. The predicted octanol–water partition coefficient (Wildman–Crippen LogP) is 4.35. The number of thiophene rings is 1. The smallest absolute Gasteiger partial charge is 0.338 e. The van der Waals surface area contributed by atoms with E-state index in [1.165, 1.54) is 11.3 Å². The average Bonchev–Trinajstić information content (AvgIpc) is 2.93. The topological polar surface area (TPSA) is 60.2 Å². The number of hydrogen-bond acceptors (Lipinski definition) is 6. The SMILES string of the molecule is CCOC(=O)c1ccc(N=Nc2sccc2OC)cc1. The van der Waals surface area contributed by atoms with Gasteiger partial charge in [-0.3, -0.25) is 0 Å². The van der Waals surface area contributed by atoms with Crippen LogP contribution in [-0.4, -0.2) is 19.7 Å². The fraction of sp³-hybridized carbons (Fsp3) is 0.214. The molecule has 5 nitrogen and oxygen atoms in total. The van der Waals surface area contributed by atoms with Crippen molar-refractivity contribution in [2.24, 2.45) is 10.2 Å². The van der Waals surface area contributed by atoms with Crippen molar-refractivity contribution in [3.63, 3.8) is 0 Å². The quantitative estimate of drug-likeness (QED) is 0.607. The van der Waals surface area contributed by atoms with Crippen LogP contribution in [0.25, 0.3) is 0 Å². The van der Waals surface area contributed by atoms with Gasteiger partial charge in [-0.2, -0.15) is 0 Å². The molecule has 0 fully saturated rings. The molecule has 2 rings (SSSR count). The van der Waals surface area contributed by atoms with Gasteiger partial charge >= 0.3 is 5.97 Å². The van der Waals surface area contributed by atoms with Crippen molar-refractivity contribution in [3.8, 4) is 5.75 Å². The minimum atomic E-state index is -0.337. The molecule has 0 amide bonds. The molecule has 0 spiro atoms. The Morgan fingerprint density at radius 2 is 1.95 bits per heavy atom. The van der Waals surface area contributed by atoms with E-state index in [4.69, 9.17) is 9.47 Å². The summed E-state index contributed by atoms with van der Waals surface area (Å²) in [4.78, 5) is 11.5. The van der Waals surface area contributed by atoms with Crippen LogP contribution in [-0.2, 0) is 4.74 Å². The van der Waals surface area contributed by atoms with Crippen molar-refractivity contribution in [2.75, 3.05) is 13.7 Å². The Morgan fingerprint density at radius 1 is 1.20 bits per heavy atom. The molecule has 1 aromatic carbocycles. The van der Waals surface area contributed by atoms with Gasteiger partial charge in [0.25, 0.3) is 0 Å². The molecule has 0 aliphatic rings. The number of azo groups is 1. The highest BCUT2D eigenvalue weighted by Crippen LogP contribution is 2.34. The Kier molecular flexibility index (Phi) is 4.84. The number of methoxy groups -OCH3 is 1. The highest BCUT2D eigenvalue weighted by Gasteiger charge is 2.06. The van der Waals surface area contributed by atoms with Crippen LogP contribution in [0, 0.1) is 0 Å². The molecular weight excluding hydrogens is 276 g/mol. The van der Waals surface area contributed by atoms with Gasteiger partial charge in [0, 0.05) is 0 Å². The Hall–Kier alpha value is -2.21. The molecule has 0 aliphatic heterocycles. The van der Waals surface area contributed by atoms with Gasteiger partial charge in [0.05, 0.1) is 25.0 Å². The standard InChI is InChI=1S/C14H14N2O3S/c1-3-19-14(17)10-4-6-11(7-5-10)15-16-13-12(18-2)8-9-20-13/h4-9H,3H2,1-2H3. The van der Waals surface area contributed by atoms with Crippen LogP contribution >= 0.6 is 11.3 Å². The second kappa shape index (κ2) is 6.81. The number of rotatable bonds is 5. The van der Waals surface area contributed by atoms with Crippen molar-refractivity contribution in [1.29, 1.82) is 0 Å². The molecule has 104 valence electrons. The molecule has 0 unspecified atom stereocenters. The lowest BCUT2D eigenvalue weighted by molar-refractivity contribution is 0.0526. The lowest BCUT2D eigenvalue weighted by Gasteiger charge is -2.01. The lowest BCUT2D eigenvalue weighted by atomic mass is 10.2. The van der Waals surface area contributed by atoms with Crippen LogP contribution in [0.3, 0.4) is 0 Å². The van der Waals surface area contributed by atoms with Crippen molar-refractivity contribution in [2.45, 2.75) is 6.92 Å². The second-order valence-electron chi connectivity index (χ2n) is 3.76. The van der Waals surface area contributed by atoms with E-state index in [0.717, 1.165) is 0 Å². The van der Waals surface area contributed by atoms with Crippen molar-refractivity contribution < 1.29 is 14.3 Å². The summed E-state index contributed by atoms with van der Waals surface area (Å²) >= 11 is 1.45. The Bertz CT molecular complexity index is 605. The molecule has 0 aliphatic carbocycles. The molecule has 6 heteroatoms. The first-order valence-corrected chi connectivity index (χ1v) is 6.93. The maximum Gasteiger partial charge on any atom is 0.338 e. The summed E-state index contributed by atoms with van der Waals surface area (Å²) in [6, 6.07) is 8.60. The largest absolute Gasteiger partial charge is 0.494 e. The molecule has 1 heterocycles. The van der Waals surface area contributed by atoms with E-state index in [1.807, 2.05) is 11.4 Å². The number of esters is 1. The summed E-state index contributed by atoms with van der Waals surface area (Å²) in [6.07, 6.45) is 0. The van der Waals surface area contributed by atoms with Crippen molar-refractivity contribution in [3.05, 3.63) is 41.3 Å². The molecule has 0 bridgehead atoms. The second-order valence-corrected chi connectivity index (χ2v) is 4.66. The number of ether oxygens (including phenoxy) is 2. The van der Waals surface area contributed by atoms with E-state index in [0.29, 0.717) is 28.6 Å². The van der Waals surface area contributed by atoms with Gasteiger partial charge < -0.3 is 9.47 Å². The minimum Gasteiger partial charge on any atom is -0.494 e. The summed E-state index contributed by atoms with van der Waals surface area (Å²) < 4.78 is 10.1. The third-order valence-electron chi connectivity index (χ3n) is 2.46. The van der Waals surface area contributed by atoms with Crippen LogP contribution in [0.5, 0.6) is 5.75 Å². The van der Waals surface area contributed by atoms with Gasteiger partial charge in [0.2, 0.25) is 0 Å². The molecular formula is C14H14N2O3S. The van der Waals surface area contributed by atoms with Gasteiger partial charge in [0.1, 0.15) is 0 Å². The van der Waals surface area contributed by atoms with Crippen LogP contribution in [0.4, 0.5) is 10.7 Å². The summed E-state index contributed by atoms with van der Waals surface area (Å²) in [7, 11) is 1.59. The maximum atomic E-state index is 11.5. The summed E-state index contributed by atoms with van der Waals surface area (Å²) in [5.74, 6) is 0.359. The van der Waals surface area contributed by atoms with Gasteiger partial charge in [-0.15, -0.1) is 21.6 Å².